The summed E-state index contributed by atoms with van der Waals surface area (Å²) in [6.07, 6.45) is 3.01. The number of hydrogen-bond acceptors (Lipinski definition) is 6. The zero-order chi connectivity index (χ0) is 25.7. The van der Waals surface area contributed by atoms with Crippen molar-refractivity contribution in [1.29, 1.82) is 0 Å². The van der Waals surface area contributed by atoms with Gasteiger partial charge in [0.05, 0.1) is 22.2 Å². The smallest absolute Gasteiger partial charge is 0.326 e. The normalized spacial score (nSPS) is 19.8. The third kappa shape index (κ3) is 6.56. The van der Waals surface area contributed by atoms with Crippen molar-refractivity contribution in [3.05, 3.63) is 69.2 Å². The van der Waals surface area contributed by atoms with Gasteiger partial charge in [-0.15, -0.1) is 0 Å². The van der Waals surface area contributed by atoms with Crippen molar-refractivity contribution >= 4 is 46.8 Å². The van der Waals surface area contributed by atoms with Gasteiger partial charge in [0.1, 0.15) is 11.8 Å². The minimum Gasteiger partial charge on any atom is -0.480 e. The van der Waals surface area contributed by atoms with Gasteiger partial charge in [-0.1, -0.05) is 53.5 Å². The third-order valence-electron chi connectivity index (χ3n) is 6.54. The fourth-order valence-electron chi connectivity index (χ4n) is 4.61. The van der Waals surface area contributed by atoms with Crippen LogP contribution in [0.1, 0.15) is 40.7 Å². The maximum Gasteiger partial charge on any atom is 0.326 e. The van der Waals surface area contributed by atoms with Crippen LogP contribution in [0.3, 0.4) is 0 Å². The van der Waals surface area contributed by atoms with E-state index in [0.717, 1.165) is 49.4 Å². The van der Waals surface area contributed by atoms with E-state index in [2.05, 4.69) is 20.9 Å². The van der Waals surface area contributed by atoms with Crippen molar-refractivity contribution in [2.24, 2.45) is 10.9 Å². The summed E-state index contributed by atoms with van der Waals surface area (Å²) >= 11 is 12.1. The van der Waals surface area contributed by atoms with E-state index in [1.807, 2.05) is 12.1 Å². The molecule has 1 aliphatic carbocycles. The first-order chi connectivity index (χ1) is 17.3. The Morgan fingerprint density at radius 3 is 2.39 bits per heavy atom. The molecule has 1 amide bonds. The molecule has 0 unspecified atom stereocenters. The van der Waals surface area contributed by atoms with Gasteiger partial charge in [0.25, 0.3) is 5.91 Å². The van der Waals surface area contributed by atoms with Crippen LogP contribution in [0.25, 0.3) is 0 Å². The molecule has 190 valence electrons. The molecular formula is C26H28Cl2N4O4. The minimum atomic E-state index is -1.17. The Bertz CT molecular complexity index is 1150. The van der Waals surface area contributed by atoms with Crippen LogP contribution in [0.2, 0.25) is 10.0 Å². The number of aliphatic imine (C=N–C) groups is 1. The zero-order valence-electron chi connectivity index (χ0n) is 19.6. The summed E-state index contributed by atoms with van der Waals surface area (Å²) in [7, 11) is 0. The number of Topliss-reactive ketones (excluding diaryl/α,β-unsaturated/α-hetero) is 1. The summed E-state index contributed by atoms with van der Waals surface area (Å²) < 4.78 is 0. The van der Waals surface area contributed by atoms with Crippen LogP contribution in [0.15, 0.2) is 47.5 Å². The van der Waals surface area contributed by atoms with Gasteiger partial charge in [-0.25, -0.2) is 4.79 Å². The second-order valence-electron chi connectivity index (χ2n) is 9.13. The standard InChI is InChI=1S/C26H28Cl2N4O4/c27-19-2-1-3-20(28)23(19)24(34)32-21(25(35)36)12-15-4-6-16(7-5-15)13-22(33)17-8-9-18(14-17)31-26-29-10-11-30-26/h1-7,17-18,21H,8-14H2,(H,32,34)(H,35,36)(H2,29,30,31)/t17-,18+,21+/m1/s1. The predicted molar refractivity (Wildman–Crippen MR) is 139 cm³/mol. The van der Waals surface area contributed by atoms with E-state index in [-0.39, 0.29) is 39.8 Å². The first kappa shape index (κ1) is 26.0. The summed E-state index contributed by atoms with van der Waals surface area (Å²) in [5.74, 6) is -0.767. The van der Waals surface area contributed by atoms with Gasteiger partial charge in [0.15, 0.2) is 5.96 Å². The lowest BCUT2D eigenvalue weighted by atomic mass is 9.95. The molecule has 4 N–H and O–H groups in total. The van der Waals surface area contributed by atoms with Crippen molar-refractivity contribution < 1.29 is 19.5 Å². The highest BCUT2D eigenvalue weighted by Crippen LogP contribution is 2.28. The van der Waals surface area contributed by atoms with Crippen molar-refractivity contribution in [1.82, 2.24) is 16.0 Å². The van der Waals surface area contributed by atoms with Gasteiger partial charge in [0.2, 0.25) is 0 Å². The number of hydrogen-bond donors (Lipinski definition) is 4. The Kier molecular flexibility index (Phi) is 8.48. The van der Waals surface area contributed by atoms with E-state index in [1.165, 1.54) is 12.1 Å². The molecule has 36 heavy (non-hydrogen) atoms. The van der Waals surface area contributed by atoms with Crippen LogP contribution in [-0.2, 0) is 22.4 Å². The monoisotopic (exact) mass is 530 g/mol. The lowest BCUT2D eigenvalue weighted by molar-refractivity contribution is -0.139. The van der Waals surface area contributed by atoms with Gasteiger partial charge in [-0.2, -0.15) is 0 Å². The highest BCUT2D eigenvalue weighted by molar-refractivity contribution is 6.39. The number of carbonyl (C=O) groups excluding carboxylic acids is 2. The summed E-state index contributed by atoms with van der Waals surface area (Å²) in [5.41, 5.74) is 1.64. The maximum absolute atomic E-state index is 12.8. The minimum absolute atomic E-state index is 0.0208. The molecule has 2 aliphatic rings. The van der Waals surface area contributed by atoms with Crippen LogP contribution in [0.5, 0.6) is 0 Å². The molecular weight excluding hydrogens is 503 g/mol. The van der Waals surface area contributed by atoms with E-state index < -0.39 is 17.9 Å². The molecule has 10 heteroatoms. The average Bonchev–Trinajstić information content (AvgIpc) is 3.52. The molecule has 2 aromatic carbocycles. The number of amides is 1. The molecule has 0 saturated heterocycles. The SMILES string of the molecule is O=C(N[C@@H](Cc1ccc(CC(=O)[C@@H]2CC[C@H](NC3=NCCN3)C2)cc1)C(=O)O)c1c(Cl)cccc1Cl. The Morgan fingerprint density at radius 1 is 1.06 bits per heavy atom. The third-order valence-corrected chi connectivity index (χ3v) is 7.17. The quantitative estimate of drug-likeness (QED) is 0.395. The second kappa shape index (κ2) is 11.8. The molecule has 1 fully saturated rings. The van der Waals surface area contributed by atoms with E-state index in [0.29, 0.717) is 6.42 Å². The van der Waals surface area contributed by atoms with E-state index in [1.54, 1.807) is 18.2 Å². The molecule has 4 rings (SSSR count). The van der Waals surface area contributed by atoms with Crippen molar-refractivity contribution in [2.45, 2.75) is 44.2 Å². The number of aliphatic carboxylic acids is 1. The average molecular weight is 531 g/mol. The van der Waals surface area contributed by atoms with Crippen molar-refractivity contribution in [2.75, 3.05) is 13.1 Å². The molecule has 0 bridgehead atoms. The molecule has 1 saturated carbocycles. The number of guanidine groups is 1. The van der Waals surface area contributed by atoms with Gasteiger partial charge in [-0.05, 0) is 42.5 Å². The molecule has 2 aromatic rings. The number of ketones is 1. The second-order valence-corrected chi connectivity index (χ2v) is 9.95. The summed E-state index contributed by atoms with van der Waals surface area (Å²) in [6, 6.07) is 11.0. The molecule has 1 aliphatic heterocycles. The van der Waals surface area contributed by atoms with Gasteiger partial charge < -0.3 is 21.1 Å². The first-order valence-electron chi connectivity index (χ1n) is 11.9. The molecule has 0 radical (unpaired) electrons. The number of halogens is 2. The van der Waals surface area contributed by atoms with Crippen LogP contribution in [0, 0.1) is 5.92 Å². The molecule has 0 aromatic heterocycles. The number of benzene rings is 2. The van der Waals surface area contributed by atoms with Gasteiger partial charge in [-0.3, -0.25) is 14.6 Å². The van der Waals surface area contributed by atoms with Crippen LogP contribution in [-0.4, -0.2) is 53.9 Å². The highest BCUT2D eigenvalue weighted by atomic mass is 35.5. The number of rotatable bonds is 9. The van der Waals surface area contributed by atoms with Crippen LogP contribution >= 0.6 is 23.2 Å². The summed E-state index contributed by atoms with van der Waals surface area (Å²) in [5, 5.41) is 19.0. The summed E-state index contributed by atoms with van der Waals surface area (Å²) in [4.78, 5) is 41.6. The van der Waals surface area contributed by atoms with Gasteiger partial charge in [0, 0.05) is 31.3 Å². The highest BCUT2D eigenvalue weighted by Gasteiger charge is 2.30. The van der Waals surface area contributed by atoms with E-state index in [9.17, 15) is 19.5 Å². The number of carboxylic acid groups (broad SMARTS) is 1. The number of carboxylic acids is 1. The number of carbonyl (C=O) groups is 3. The van der Waals surface area contributed by atoms with E-state index >= 15 is 0 Å². The first-order valence-corrected chi connectivity index (χ1v) is 12.7. The predicted octanol–water partition coefficient (Wildman–Crippen LogP) is 3.25. The maximum atomic E-state index is 12.8. The molecule has 1 heterocycles. The van der Waals surface area contributed by atoms with Crippen LogP contribution in [0.4, 0.5) is 0 Å². The number of nitrogens with one attached hydrogen (secondary N) is 3. The zero-order valence-corrected chi connectivity index (χ0v) is 21.1. The van der Waals surface area contributed by atoms with Gasteiger partial charge >= 0.3 is 5.97 Å². The van der Waals surface area contributed by atoms with E-state index in [4.69, 9.17) is 23.2 Å². The Balaban J connectivity index is 1.31. The Morgan fingerprint density at radius 2 is 1.75 bits per heavy atom. The summed E-state index contributed by atoms with van der Waals surface area (Å²) in [6.45, 7) is 1.63. The van der Waals surface area contributed by atoms with Crippen molar-refractivity contribution in [3.63, 3.8) is 0 Å². The van der Waals surface area contributed by atoms with Crippen LogP contribution < -0.4 is 16.0 Å². The molecule has 3 atom stereocenters. The largest absolute Gasteiger partial charge is 0.480 e. The topological polar surface area (TPSA) is 120 Å². The Labute approximate surface area is 219 Å². The number of nitrogens with zero attached hydrogens (tertiary/aromatic N) is 1. The molecule has 0 spiro atoms. The molecule has 8 nitrogen and oxygen atoms in total. The van der Waals surface area contributed by atoms with Crippen molar-refractivity contribution in [3.8, 4) is 0 Å². The fourth-order valence-corrected chi connectivity index (χ4v) is 5.18. The fraction of sp³-hybridized carbons (Fsp3) is 0.385. The Hall–Kier alpha value is -3.10. The lowest BCUT2D eigenvalue weighted by Gasteiger charge is -2.16. The lowest BCUT2D eigenvalue weighted by Crippen LogP contribution is -2.42.